The molecule has 2 atom stereocenters. The second-order valence-electron chi connectivity index (χ2n) is 5.80. The molecule has 2 aromatic rings. The first-order chi connectivity index (χ1) is 9.93. The van der Waals surface area contributed by atoms with Crippen LogP contribution in [0.4, 0.5) is 19.0 Å². The lowest BCUT2D eigenvalue weighted by atomic mass is 10.1. The van der Waals surface area contributed by atoms with Crippen molar-refractivity contribution in [2.45, 2.75) is 38.4 Å². The Hall–Kier alpha value is -1.86. The minimum Gasteiger partial charge on any atom is -0.353 e. The van der Waals surface area contributed by atoms with Crippen molar-refractivity contribution in [2.75, 3.05) is 11.4 Å². The average Bonchev–Trinajstić information content (AvgIpc) is 3.07. The van der Waals surface area contributed by atoms with Crippen LogP contribution in [-0.4, -0.2) is 32.2 Å². The van der Waals surface area contributed by atoms with Crippen LogP contribution in [0.2, 0.25) is 0 Å². The molecule has 1 saturated heterocycles. The zero-order chi connectivity index (χ0) is 14.8. The van der Waals surface area contributed by atoms with Gasteiger partial charge in [0.1, 0.15) is 5.82 Å². The zero-order valence-electron chi connectivity index (χ0n) is 11.4. The summed E-state index contributed by atoms with van der Waals surface area (Å²) < 4.78 is 39.6. The first-order valence-corrected chi connectivity index (χ1v) is 7.02. The fourth-order valence-electron chi connectivity index (χ4n) is 3.19. The third-order valence-corrected chi connectivity index (χ3v) is 4.23. The van der Waals surface area contributed by atoms with E-state index < -0.39 is 12.0 Å². The Kier molecular flexibility index (Phi) is 2.50. The highest BCUT2D eigenvalue weighted by Crippen LogP contribution is 2.45. The number of nitrogens with zero attached hydrogens (tertiary/aromatic N) is 5. The van der Waals surface area contributed by atoms with E-state index in [1.165, 1.54) is 10.9 Å². The van der Waals surface area contributed by atoms with Gasteiger partial charge in [0.25, 0.3) is 11.6 Å². The van der Waals surface area contributed by atoms with Gasteiger partial charge in [0.2, 0.25) is 0 Å². The lowest BCUT2D eigenvalue weighted by Gasteiger charge is -2.28. The van der Waals surface area contributed by atoms with Gasteiger partial charge in [-0.05, 0) is 32.1 Å². The zero-order valence-corrected chi connectivity index (χ0v) is 11.4. The van der Waals surface area contributed by atoms with E-state index in [0.29, 0.717) is 23.5 Å². The van der Waals surface area contributed by atoms with E-state index in [1.54, 1.807) is 13.0 Å². The van der Waals surface area contributed by atoms with Crippen molar-refractivity contribution < 1.29 is 13.2 Å². The third-order valence-electron chi connectivity index (χ3n) is 4.23. The third kappa shape index (κ3) is 2.04. The van der Waals surface area contributed by atoms with Crippen molar-refractivity contribution in [1.29, 1.82) is 0 Å². The number of aromatic nitrogens is 4. The summed E-state index contributed by atoms with van der Waals surface area (Å²) in [7, 11) is 0. The molecule has 0 unspecified atom stereocenters. The van der Waals surface area contributed by atoms with Gasteiger partial charge in [-0.25, -0.2) is 4.98 Å². The van der Waals surface area contributed by atoms with E-state index in [9.17, 15) is 13.2 Å². The fourth-order valence-corrected chi connectivity index (χ4v) is 3.19. The second-order valence-corrected chi connectivity index (χ2v) is 5.80. The van der Waals surface area contributed by atoms with Gasteiger partial charge in [-0.1, -0.05) is 0 Å². The summed E-state index contributed by atoms with van der Waals surface area (Å²) in [5, 5.41) is 3.63. The fraction of sp³-hybridized carbons (Fsp3) is 0.615. The summed E-state index contributed by atoms with van der Waals surface area (Å²) in [5.74, 6) is 0.229. The normalized spacial score (nSPS) is 25.2. The Morgan fingerprint density at radius 3 is 2.86 bits per heavy atom. The summed E-state index contributed by atoms with van der Waals surface area (Å²) in [6, 6.07) is 2.23. The molecule has 0 bridgehead atoms. The molecule has 0 N–H and O–H groups in total. The van der Waals surface area contributed by atoms with E-state index in [2.05, 4.69) is 20.0 Å². The van der Waals surface area contributed by atoms with Crippen LogP contribution in [-0.2, 0) is 6.18 Å². The predicted octanol–water partition coefficient (Wildman–Crippen LogP) is 2.44. The molecule has 1 saturated carbocycles. The molecule has 0 radical (unpaired) electrons. The maximum Gasteiger partial charge on any atom is 0.453 e. The molecule has 1 aliphatic carbocycles. The van der Waals surface area contributed by atoms with Crippen LogP contribution in [0.15, 0.2) is 6.07 Å². The molecule has 2 aliphatic rings. The van der Waals surface area contributed by atoms with Crippen molar-refractivity contribution in [3.8, 4) is 0 Å². The average molecular weight is 297 g/mol. The minimum atomic E-state index is -4.55. The molecule has 4 rings (SSSR count). The quantitative estimate of drug-likeness (QED) is 0.811. The molecule has 8 heteroatoms. The van der Waals surface area contributed by atoms with Gasteiger partial charge >= 0.3 is 6.18 Å². The van der Waals surface area contributed by atoms with Crippen LogP contribution in [0.5, 0.6) is 0 Å². The van der Waals surface area contributed by atoms with Crippen LogP contribution in [0.1, 0.15) is 30.8 Å². The van der Waals surface area contributed by atoms with Gasteiger partial charge < -0.3 is 4.90 Å². The van der Waals surface area contributed by atoms with Crippen LogP contribution in [0, 0.1) is 12.8 Å². The van der Waals surface area contributed by atoms with Gasteiger partial charge in [-0.2, -0.15) is 22.7 Å². The number of fused-ring (bicyclic) bond motifs is 2. The molecular weight excluding hydrogens is 283 g/mol. The Morgan fingerprint density at radius 1 is 1.29 bits per heavy atom. The molecule has 5 nitrogen and oxygen atoms in total. The van der Waals surface area contributed by atoms with Crippen LogP contribution in [0.25, 0.3) is 5.78 Å². The number of anilines is 1. The van der Waals surface area contributed by atoms with Crippen molar-refractivity contribution in [1.82, 2.24) is 19.6 Å². The lowest BCUT2D eigenvalue weighted by Crippen LogP contribution is -2.33. The van der Waals surface area contributed by atoms with Crippen LogP contribution in [0.3, 0.4) is 0 Å². The van der Waals surface area contributed by atoms with E-state index in [4.69, 9.17) is 0 Å². The summed E-state index contributed by atoms with van der Waals surface area (Å²) in [5.41, 5.74) is 0.654. The van der Waals surface area contributed by atoms with Gasteiger partial charge in [-0.3, -0.25) is 0 Å². The first kappa shape index (κ1) is 12.8. The van der Waals surface area contributed by atoms with E-state index >= 15 is 0 Å². The Labute approximate surface area is 118 Å². The van der Waals surface area contributed by atoms with Crippen molar-refractivity contribution in [2.24, 2.45) is 5.92 Å². The number of rotatable bonds is 1. The number of piperidine rings is 1. The molecule has 2 fully saturated rings. The lowest BCUT2D eigenvalue weighted by molar-refractivity contribution is -0.144. The van der Waals surface area contributed by atoms with Gasteiger partial charge in [0.05, 0.1) is 0 Å². The highest BCUT2D eigenvalue weighted by atomic mass is 19.4. The maximum atomic E-state index is 12.8. The predicted molar refractivity (Wildman–Crippen MR) is 69.0 cm³/mol. The molecule has 1 aliphatic heterocycles. The van der Waals surface area contributed by atoms with Crippen LogP contribution >= 0.6 is 0 Å². The minimum absolute atomic E-state index is 0.0140. The molecular formula is C13H14F3N5. The Bertz CT molecular complexity index is 708. The number of hydrogen-bond acceptors (Lipinski definition) is 4. The van der Waals surface area contributed by atoms with E-state index in [1.807, 2.05) is 0 Å². The molecule has 0 spiro atoms. The Morgan fingerprint density at radius 2 is 2.10 bits per heavy atom. The Balaban J connectivity index is 1.85. The van der Waals surface area contributed by atoms with Crippen LogP contribution < -0.4 is 4.90 Å². The molecule has 0 aromatic carbocycles. The molecule has 3 heterocycles. The monoisotopic (exact) mass is 297 g/mol. The van der Waals surface area contributed by atoms with Crippen molar-refractivity contribution >= 4 is 11.6 Å². The number of aryl methyl sites for hydroxylation is 1. The smallest absolute Gasteiger partial charge is 0.353 e. The molecule has 0 amide bonds. The first-order valence-electron chi connectivity index (χ1n) is 7.02. The summed E-state index contributed by atoms with van der Waals surface area (Å²) in [4.78, 5) is 9.75. The van der Waals surface area contributed by atoms with Gasteiger partial charge in [0.15, 0.2) is 0 Å². The highest BCUT2D eigenvalue weighted by Gasteiger charge is 2.45. The second kappa shape index (κ2) is 4.08. The van der Waals surface area contributed by atoms with E-state index in [0.717, 1.165) is 19.4 Å². The molecule has 21 heavy (non-hydrogen) atoms. The number of hydrogen-bond donors (Lipinski definition) is 0. The van der Waals surface area contributed by atoms with Gasteiger partial charge in [0, 0.05) is 24.3 Å². The highest BCUT2D eigenvalue weighted by molar-refractivity contribution is 5.50. The summed E-state index contributed by atoms with van der Waals surface area (Å²) in [6.45, 7) is 2.61. The van der Waals surface area contributed by atoms with Gasteiger partial charge in [-0.15, -0.1) is 5.10 Å². The van der Waals surface area contributed by atoms with Crippen molar-refractivity contribution in [3.63, 3.8) is 0 Å². The standard InChI is InChI=1S/C13H14F3N5/c1-7-5-10(20-4-2-3-8-6-9(8)20)21-12(17-7)18-11(19-21)13(14,15)16/h5,8-9H,2-4,6H2,1H3/t8-,9-/m1/s1. The largest absolute Gasteiger partial charge is 0.453 e. The summed E-state index contributed by atoms with van der Waals surface area (Å²) in [6.07, 6.45) is -1.17. The summed E-state index contributed by atoms with van der Waals surface area (Å²) >= 11 is 0. The molecule has 2 aromatic heterocycles. The molecule has 112 valence electrons. The SMILES string of the molecule is Cc1cc(N2CCC[C@@H]3C[C@H]32)n2nc(C(F)(F)F)nc2n1. The van der Waals surface area contributed by atoms with Crippen molar-refractivity contribution in [3.05, 3.63) is 17.6 Å². The number of halogens is 3. The van der Waals surface area contributed by atoms with E-state index in [-0.39, 0.29) is 5.78 Å². The topological polar surface area (TPSA) is 46.3 Å². The number of alkyl halides is 3. The maximum absolute atomic E-state index is 12.8.